The van der Waals surface area contributed by atoms with Crippen molar-refractivity contribution >= 4 is 36.1 Å². The molecule has 1 aliphatic carbocycles. The molecule has 16 nitrogen and oxygen atoms in total. The van der Waals surface area contributed by atoms with E-state index in [0.717, 1.165) is 4.57 Å². The van der Waals surface area contributed by atoms with Crippen LogP contribution >= 0.6 is 36.1 Å². The summed E-state index contributed by atoms with van der Waals surface area (Å²) in [6.07, 6.45) is -0.480. The van der Waals surface area contributed by atoms with Crippen molar-refractivity contribution in [3.05, 3.63) is 32.6 Å². The Morgan fingerprint density at radius 2 is 1.84 bits per heavy atom. The minimum absolute atomic E-state index is 0.0353. The second-order valence-electron chi connectivity index (χ2n) is 7.50. The second-order valence-corrected chi connectivity index (χ2v) is 12.7. The van der Waals surface area contributed by atoms with E-state index in [1.54, 1.807) is 0 Å². The van der Waals surface area contributed by atoms with Crippen LogP contribution in [0, 0.1) is 12.8 Å². The Morgan fingerprint density at radius 1 is 1.19 bits per heavy atom. The summed E-state index contributed by atoms with van der Waals surface area (Å²) < 4.78 is 59.0. The van der Waals surface area contributed by atoms with Crippen LogP contribution in [0.5, 0.6) is 0 Å². The SMILES string of the molecule is Cc1cn(C2OC3(COP(=O)(O)OP(=O)(O)OP(=O)(O)O)CC4(S)OC2C43)c(=O)[nH]c1=O. The lowest BCUT2D eigenvalue weighted by Crippen LogP contribution is -2.74. The fourth-order valence-corrected chi connectivity index (χ4v) is 7.98. The number of H-pyrrole nitrogens is 1. The average molecular weight is 538 g/mol. The molecule has 0 radical (unpaired) electrons. The van der Waals surface area contributed by atoms with E-state index >= 15 is 0 Å². The number of rotatable bonds is 8. The van der Waals surface area contributed by atoms with Crippen LogP contribution in [-0.4, -0.2) is 52.4 Å². The number of nitrogens with one attached hydrogen (secondary N) is 1. The van der Waals surface area contributed by atoms with Crippen molar-refractivity contribution in [1.29, 1.82) is 0 Å². The minimum Gasteiger partial charge on any atom is -0.355 e. The summed E-state index contributed by atoms with van der Waals surface area (Å²) >= 11 is 4.38. The normalized spacial score (nSPS) is 37.0. The van der Waals surface area contributed by atoms with E-state index in [0.29, 0.717) is 0 Å². The van der Waals surface area contributed by atoms with Gasteiger partial charge in [0.15, 0.2) is 6.23 Å². The predicted molar refractivity (Wildman–Crippen MR) is 103 cm³/mol. The van der Waals surface area contributed by atoms with E-state index in [-0.39, 0.29) is 12.0 Å². The van der Waals surface area contributed by atoms with Gasteiger partial charge in [-0.3, -0.25) is 18.9 Å². The Balaban J connectivity index is 1.51. The van der Waals surface area contributed by atoms with Crippen molar-refractivity contribution in [2.24, 2.45) is 5.92 Å². The zero-order valence-corrected chi connectivity index (χ0v) is 19.4. The van der Waals surface area contributed by atoms with Crippen molar-refractivity contribution in [1.82, 2.24) is 9.55 Å². The molecule has 0 amide bonds. The molecule has 20 heteroatoms. The summed E-state index contributed by atoms with van der Waals surface area (Å²) in [6.45, 7) is 0.769. The van der Waals surface area contributed by atoms with Crippen LogP contribution in [0.2, 0.25) is 0 Å². The number of nitrogens with zero attached hydrogens (tertiary/aromatic N) is 1. The van der Waals surface area contributed by atoms with Gasteiger partial charge in [0, 0.05) is 18.2 Å². The van der Waals surface area contributed by atoms with E-state index < -0.39 is 70.1 Å². The van der Waals surface area contributed by atoms with Crippen molar-refractivity contribution in [2.75, 3.05) is 6.61 Å². The summed E-state index contributed by atoms with van der Waals surface area (Å²) in [5.74, 6) is -0.533. The smallest absolute Gasteiger partial charge is 0.355 e. The van der Waals surface area contributed by atoms with Gasteiger partial charge >= 0.3 is 29.2 Å². The molecule has 7 atom stereocenters. The standard InChI is InChI=1S/C12H17N2O14P3S/c1-5-2-14(10(16)13-8(5)15)9-6-7-11(26-9,3-12(7,32)25-6)4-24-30(20,21)28-31(22,23)27-29(17,18)19/h2,6-7,9,32H,3-4H2,1H3,(H,20,21)(H,22,23)(H,13,15,16)(H2,17,18,19). The highest BCUT2D eigenvalue weighted by Crippen LogP contribution is 2.72. The van der Waals surface area contributed by atoms with Crippen LogP contribution in [0.15, 0.2) is 15.8 Å². The summed E-state index contributed by atoms with van der Waals surface area (Å²) in [6, 6.07) is 0. The largest absolute Gasteiger partial charge is 0.490 e. The number of hydrogen-bond donors (Lipinski definition) is 6. The number of ether oxygens (including phenoxy) is 2. The first-order valence-corrected chi connectivity index (χ1v) is 13.6. The summed E-state index contributed by atoms with van der Waals surface area (Å²) in [4.78, 5) is 61.1. The summed E-state index contributed by atoms with van der Waals surface area (Å²) in [7, 11) is -16.6. The Morgan fingerprint density at radius 3 is 2.44 bits per heavy atom. The zero-order valence-electron chi connectivity index (χ0n) is 15.8. The molecule has 3 fully saturated rings. The molecule has 32 heavy (non-hydrogen) atoms. The Kier molecular flexibility index (Phi) is 5.68. The Hall–Kier alpha value is -0.640. The van der Waals surface area contributed by atoms with Gasteiger partial charge in [-0.15, -0.1) is 12.6 Å². The molecule has 1 aromatic rings. The molecule has 7 unspecified atom stereocenters. The molecular weight excluding hydrogens is 521 g/mol. The van der Waals surface area contributed by atoms with Gasteiger partial charge in [-0.2, -0.15) is 8.62 Å². The topological polar surface area (TPSA) is 233 Å². The van der Waals surface area contributed by atoms with Gasteiger partial charge in [-0.25, -0.2) is 18.5 Å². The van der Waals surface area contributed by atoms with Gasteiger partial charge < -0.3 is 29.0 Å². The van der Waals surface area contributed by atoms with Crippen LogP contribution in [-0.2, 0) is 36.3 Å². The van der Waals surface area contributed by atoms with Crippen LogP contribution in [0.1, 0.15) is 18.2 Å². The Labute approximate surface area is 183 Å². The third-order valence-electron chi connectivity index (χ3n) is 5.22. The molecule has 0 spiro atoms. The minimum atomic E-state index is -5.67. The van der Waals surface area contributed by atoms with Gasteiger partial charge in [0.1, 0.15) is 16.6 Å². The molecule has 5 N–H and O–H groups in total. The molecule has 0 bridgehead atoms. The molecule has 0 aromatic carbocycles. The summed E-state index contributed by atoms with van der Waals surface area (Å²) in [5.41, 5.74) is -2.47. The second kappa shape index (κ2) is 7.43. The van der Waals surface area contributed by atoms with Crippen LogP contribution < -0.4 is 11.2 Å². The number of hydrogen-bond acceptors (Lipinski definition) is 11. The highest BCUT2D eigenvalue weighted by Gasteiger charge is 2.81. The molecule has 3 heterocycles. The molecule has 2 saturated heterocycles. The van der Waals surface area contributed by atoms with Gasteiger partial charge in [0.2, 0.25) is 0 Å². The first kappa shape index (κ1) is 24.5. The number of phosphoric ester groups is 1. The number of thiol groups is 1. The summed E-state index contributed by atoms with van der Waals surface area (Å²) in [5, 5.41) is 0. The van der Waals surface area contributed by atoms with Crippen LogP contribution in [0.3, 0.4) is 0 Å². The van der Waals surface area contributed by atoms with Crippen LogP contribution in [0.25, 0.3) is 0 Å². The zero-order chi connectivity index (χ0) is 23.9. The maximum Gasteiger partial charge on any atom is 0.490 e. The van der Waals surface area contributed by atoms with Gasteiger partial charge in [-0.1, -0.05) is 0 Å². The van der Waals surface area contributed by atoms with Gasteiger partial charge in [0.05, 0.1) is 12.5 Å². The van der Waals surface area contributed by atoms with Gasteiger partial charge in [0.25, 0.3) is 5.56 Å². The average Bonchev–Trinajstić information content (AvgIpc) is 2.68. The number of aromatic nitrogens is 2. The molecule has 4 rings (SSSR count). The lowest BCUT2D eigenvalue weighted by Gasteiger charge is -2.63. The molecule has 180 valence electrons. The molecule has 1 saturated carbocycles. The monoisotopic (exact) mass is 538 g/mol. The highest BCUT2D eigenvalue weighted by molar-refractivity contribution is 7.81. The fraction of sp³-hybridized carbons (Fsp3) is 0.667. The van der Waals surface area contributed by atoms with E-state index in [9.17, 15) is 33.1 Å². The van der Waals surface area contributed by atoms with Crippen LogP contribution in [0.4, 0.5) is 0 Å². The number of aryl methyl sites for hydroxylation is 1. The maximum absolute atomic E-state index is 12.2. The lowest BCUT2D eigenvalue weighted by atomic mass is 9.61. The van der Waals surface area contributed by atoms with Gasteiger partial charge in [-0.05, 0) is 6.92 Å². The van der Waals surface area contributed by atoms with Crippen molar-refractivity contribution in [3.8, 4) is 0 Å². The highest BCUT2D eigenvalue weighted by atomic mass is 32.1. The van der Waals surface area contributed by atoms with E-state index in [2.05, 4.69) is 26.2 Å². The van der Waals surface area contributed by atoms with E-state index in [4.69, 9.17) is 23.8 Å². The number of aromatic amines is 1. The molecule has 3 aliphatic rings. The fourth-order valence-electron chi connectivity index (χ4n) is 4.14. The quantitative estimate of drug-likeness (QED) is 0.181. The van der Waals surface area contributed by atoms with E-state index in [1.165, 1.54) is 13.1 Å². The van der Waals surface area contributed by atoms with Crippen molar-refractivity contribution in [2.45, 2.75) is 36.2 Å². The number of phosphoric acid groups is 3. The molecule has 2 aliphatic heterocycles. The first-order chi connectivity index (χ1) is 14.5. The van der Waals surface area contributed by atoms with E-state index in [1.807, 2.05) is 0 Å². The predicted octanol–water partition coefficient (Wildman–Crippen LogP) is -0.499. The maximum atomic E-state index is 12.2. The first-order valence-electron chi connectivity index (χ1n) is 8.64. The van der Waals surface area contributed by atoms with Crippen molar-refractivity contribution < 1.29 is 55.9 Å². The molecule has 1 aromatic heterocycles. The lowest BCUT2D eigenvalue weighted by molar-refractivity contribution is -0.293. The Bertz CT molecular complexity index is 1230. The molecular formula is C12H17N2O14P3S. The van der Waals surface area contributed by atoms with Crippen molar-refractivity contribution in [3.63, 3.8) is 0 Å². The third kappa shape index (κ3) is 4.27. The third-order valence-corrected chi connectivity index (χ3v) is 9.54.